The average molecular weight is 373 g/mol. The summed E-state index contributed by atoms with van der Waals surface area (Å²) in [4.78, 5) is 13.8. The second-order valence-electron chi connectivity index (χ2n) is 5.70. The molecule has 0 saturated heterocycles. The van der Waals surface area contributed by atoms with E-state index >= 15 is 0 Å². The molecule has 3 rings (SSSR count). The summed E-state index contributed by atoms with van der Waals surface area (Å²) in [6.45, 7) is 0. The van der Waals surface area contributed by atoms with Gasteiger partial charge >= 0.3 is 0 Å². The van der Waals surface area contributed by atoms with Gasteiger partial charge in [-0.15, -0.1) is 11.3 Å². The van der Waals surface area contributed by atoms with Crippen molar-refractivity contribution in [2.45, 2.75) is 12.3 Å². The Kier molecular flexibility index (Phi) is 5.63. The van der Waals surface area contributed by atoms with Crippen LogP contribution in [0.15, 0.2) is 60.0 Å². The highest BCUT2D eigenvalue weighted by atomic mass is 32.1. The van der Waals surface area contributed by atoms with E-state index in [1.807, 2.05) is 17.5 Å². The highest BCUT2D eigenvalue weighted by Gasteiger charge is 2.24. The number of amides is 1. The lowest BCUT2D eigenvalue weighted by molar-refractivity contribution is -0.117. The summed E-state index contributed by atoms with van der Waals surface area (Å²) in [7, 11) is 1.56. The fourth-order valence-corrected chi connectivity index (χ4v) is 3.41. The monoisotopic (exact) mass is 373 g/mol. The SMILES string of the molecule is COc1ccc(C(Cc2cccs2)C(=O)Nc2c(F)cccc2F)cc1. The maximum absolute atomic E-state index is 13.9. The standard InChI is InChI=1S/C20H17F2NO2S/c1-25-14-9-7-13(8-10-14)16(12-15-4-3-11-26-15)20(24)23-19-17(21)5-2-6-18(19)22/h2-11,16H,12H2,1H3,(H,23,24). The fraction of sp³-hybridized carbons (Fsp3) is 0.150. The van der Waals surface area contributed by atoms with Crippen molar-refractivity contribution < 1.29 is 18.3 Å². The smallest absolute Gasteiger partial charge is 0.232 e. The van der Waals surface area contributed by atoms with E-state index in [9.17, 15) is 13.6 Å². The van der Waals surface area contributed by atoms with E-state index in [2.05, 4.69) is 5.32 Å². The molecule has 1 unspecified atom stereocenters. The largest absolute Gasteiger partial charge is 0.497 e. The molecular formula is C20H17F2NO2S. The van der Waals surface area contributed by atoms with Gasteiger partial charge in [0.15, 0.2) is 0 Å². The number of thiophene rings is 1. The van der Waals surface area contributed by atoms with E-state index in [1.54, 1.807) is 31.4 Å². The van der Waals surface area contributed by atoms with Crippen LogP contribution in [0.3, 0.4) is 0 Å². The molecule has 0 aliphatic rings. The number of ether oxygens (including phenoxy) is 1. The lowest BCUT2D eigenvalue weighted by atomic mass is 9.93. The molecule has 26 heavy (non-hydrogen) atoms. The Morgan fingerprint density at radius 2 is 1.77 bits per heavy atom. The molecule has 3 nitrogen and oxygen atoms in total. The van der Waals surface area contributed by atoms with Crippen molar-refractivity contribution in [3.8, 4) is 5.75 Å². The molecule has 134 valence electrons. The number of anilines is 1. The molecule has 0 radical (unpaired) electrons. The van der Waals surface area contributed by atoms with E-state index in [1.165, 1.54) is 17.4 Å². The molecule has 3 aromatic rings. The highest BCUT2D eigenvalue weighted by Crippen LogP contribution is 2.28. The lowest BCUT2D eigenvalue weighted by Gasteiger charge is -2.18. The predicted molar refractivity (Wildman–Crippen MR) is 98.7 cm³/mol. The summed E-state index contributed by atoms with van der Waals surface area (Å²) in [6, 6.07) is 14.4. The van der Waals surface area contributed by atoms with Gasteiger partial charge in [-0.25, -0.2) is 8.78 Å². The van der Waals surface area contributed by atoms with E-state index in [-0.39, 0.29) is 0 Å². The van der Waals surface area contributed by atoms with Gasteiger partial charge in [0, 0.05) is 4.88 Å². The second kappa shape index (κ2) is 8.10. The van der Waals surface area contributed by atoms with Crippen LogP contribution in [0.2, 0.25) is 0 Å². The summed E-state index contributed by atoms with van der Waals surface area (Å²) >= 11 is 1.53. The van der Waals surface area contributed by atoms with Crippen LogP contribution in [-0.2, 0) is 11.2 Å². The molecule has 2 aromatic carbocycles. The molecule has 0 bridgehead atoms. The van der Waals surface area contributed by atoms with Gasteiger partial charge in [0.25, 0.3) is 0 Å². The lowest BCUT2D eigenvalue weighted by Crippen LogP contribution is -2.24. The molecule has 1 atom stereocenters. The van der Waals surface area contributed by atoms with Gasteiger partial charge < -0.3 is 10.1 Å². The summed E-state index contributed by atoms with van der Waals surface area (Å²) in [5.74, 6) is -1.98. The maximum Gasteiger partial charge on any atom is 0.232 e. The second-order valence-corrected chi connectivity index (χ2v) is 6.73. The molecule has 1 amide bonds. The molecule has 1 aromatic heterocycles. The first-order valence-electron chi connectivity index (χ1n) is 7.99. The summed E-state index contributed by atoms with van der Waals surface area (Å²) in [5.41, 5.74) is 0.315. The minimum Gasteiger partial charge on any atom is -0.497 e. The molecule has 0 fully saturated rings. The van der Waals surface area contributed by atoms with Gasteiger partial charge in [-0.2, -0.15) is 0 Å². The first-order valence-corrected chi connectivity index (χ1v) is 8.87. The van der Waals surface area contributed by atoms with Crippen LogP contribution >= 0.6 is 11.3 Å². The molecule has 0 saturated carbocycles. The third-order valence-corrected chi connectivity index (χ3v) is 4.93. The number of hydrogen-bond acceptors (Lipinski definition) is 3. The third-order valence-electron chi connectivity index (χ3n) is 4.03. The number of halogens is 2. The predicted octanol–water partition coefficient (Wildman–Crippen LogP) is 5.00. The Hall–Kier alpha value is -2.73. The zero-order valence-electron chi connectivity index (χ0n) is 14.0. The van der Waals surface area contributed by atoms with Crippen LogP contribution < -0.4 is 10.1 Å². The number of hydrogen-bond donors (Lipinski definition) is 1. The molecule has 1 heterocycles. The van der Waals surface area contributed by atoms with Crippen molar-refractivity contribution in [2.24, 2.45) is 0 Å². The van der Waals surface area contributed by atoms with Gasteiger partial charge in [0.1, 0.15) is 23.1 Å². The molecule has 0 spiro atoms. The molecule has 0 aliphatic heterocycles. The van der Waals surface area contributed by atoms with Gasteiger partial charge in [0.2, 0.25) is 5.91 Å². The topological polar surface area (TPSA) is 38.3 Å². The highest BCUT2D eigenvalue weighted by molar-refractivity contribution is 7.09. The van der Waals surface area contributed by atoms with Gasteiger partial charge in [-0.3, -0.25) is 4.79 Å². The van der Waals surface area contributed by atoms with Crippen molar-refractivity contribution in [3.63, 3.8) is 0 Å². The Labute approximate surface area is 154 Å². The van der Waals surface area contributed by atoms with Gasteiger partial charge in [0.05, 0.1) is 13.0 Å². The first kappa shape index (κ1) is 18.1. The first-order chi connectivity index (χ1) is 12.6. The maximum atomic E-state index is 13.9. The number of nitrogens with one attached hydrogen (secondary N) is 1. The van der Waals surface area contributed by atoms with Crippen molar-refractivity contribution in [3.05, 3.63) is 82.1 Å². The summed E-state index contributed by atoms with van der Waals surface area (Å²) < 4.78 is 32.9. The van der Waals surface area contributed by atoms with E-state index in [0.29, 0.717) is 12.2 Å². The van der Waals surface area contributed by atoms with Crippen LogP contribution in [0.4, 0.5) is 14.5 Å². The molecule has 0 aliphatic carbocycles. The van der Waals surface area contributed by atoms with Crippen LogP contribution in [0, 0.1) is 11.6 Å². The van der Waals surface area contributed by atoms with Crippen molar-refractivity contribution in [2.75, 3.05) is 12.4 Å². The number of rotatable bonds is 6. The Bertz CT molecular complexity index is 859. The number of carbonyl (C=O) groups is 1. The minimum absolute atomic E-state index is 0.429. The van der Waals surface area contributed by atoms with Crippen molar-refractivity contribution in [1.29, 1.82) is 0 Å². The fourth-order valence-electron chi connectivity index (χ4n) is 2.66. The number of para-hydroxylation sites is 1. The van der Waals surface area contributed by atoms with Gasteiger partial charge in [-0.1, -0.05) is 24.3 Å². The molecular weight excluding hydrogens is 356 g/mol. The summed E-state index contributed by atoms with van der Waals surface area (Å²) in [5, 5.41) is 4.33. The van der Waals surface area contributed by atoms with Gasteiger partial charge in [-0.05, 0) is 47.7 Å². The zero-order chi connectivity index (χ0) is 18.5. The average Bonchev–Trinajstić information content (AvgIpc) is 3.16. The number of benzene rings is 2. The Balaban J connectivity index is 1.89. The van der Waals surface area contributed by atoms with Crippen LogP contribution in [0.25, 0.3) is 0 Å². The zero-order valence-corrected chi connectivity index (χ0v) is 14.9. The van der Waals surface area contributed by atoms with Crippen molar-refractivity contribution in [1.82, 2.24) is 0 Å². The van der Waals surface area contributed by atoms with Crippen molar-refractivity contribution >= 4 is 22.9 Å². The molecule has 6 heteroatoms. The quantitative estimate of drug-likeness (QED) is 0.660. The van der Waals surface area contributed by atoms with Crippen LogP contribution in [0.5, 0.6) is 5.75 Å². The minimum atomic E-state index is -0.803. The Morgan fingerprint density at radius 3 is 2.35 bits per heavy atom. The normalized spacial score (nSPS) is 11.8. The number of carbonyl (C=O) groups excluding carboxylic acids is 1. The number of methoxy groups -OCH3 is 1. The Morgan fingerprint density at radius 1 is 1.08 bits per heavy atom. The molecule has 1 N–H and O–H groups in total. The van der Waals surface area contributed by atoms with E-state index in [4.69, 9.17) is 4.74 Å². The third kappa shape index (κ3) is 4.08. The van der Waals surface area contributed by atoms with E-state index < -0.39 is 29.1 Å². The van der Waals surface area contributed by atoms with Crippen LogP contribution in [0.1, 0.15) is 16.4 Å². The van der Waals surface area contributed by atoms with E-state index in [0.717, 1.165) is 22.6 Å². The summed E-state index contributed by atoms with van der Waals surface area (Å²) in [6.07, 6.45) is 0.436. The van der Waals surface area contributed by atoms with Crippen LogP contribution in [-0.4, -0.2) is 13.0 Å².